The number of hydrogen-bond acceptors (Lipinski definition) is 4. The molecule has 1 aliphatic heterocycles. The van der Waals surface area contributed by atoms with Crippen molar-refractivity contribution < 1.29 is 9.90 Å². The van der Waals surface area contributed by atoms with Gasteiger partial charge in [0.15, 0.2) is 0 Å². The number of fused-ring (bicyclic) bond motifs is 1. The minimum absolute atomic E-state index is 0.209. The van der Waals surface area contributed by atoms with E-state index < -0.39 is 5.97 Å². The molecule has 0 saturated carbocycles. The molecule has 18 heavy (non-hydrogen) atoms. The minimum atomic E-state index is -0.935. The first-order valence-electron chi connectivity index (χ1n) is 5.92. The number of benzene rings is 1. The Kier molecular flexibility index (Phi) is 2.52. The lowest BCUT2D eigenvalue weighted by Crippen LogP contribution is -2.18. The van der Waals surface area contributed by atoms with Crippen molar-refractivity contribution in [1.82, 2.24) is 19.9 Å². The van der Waals surface area contributed by atoms with Crippen LogP contribution >= 0.6 is 0 Å². The van der Waals surface area contributed by atoms with Gasteiger partial charge < -0.3 is 10.0 Å². The zero-order valence-corrected chi connectivity index (χ0v) is 10.1. The van der Waals surface area contributed by atoms with Crippen LogP contribution in [0.5, 0.6) is 0 Å². The van der Waals surface area contributed by atoms with Gasteiger partial charge in [-0.3, -0.25) is 0 Å². The Bertz CT molecular complexity index is 607. The molecule has 6 heteroatoms. The SMILES string of the molecule is CN1CCC(n2nnc3cccc(C(=O)O)c32)C1. The first-order valence-corrected chi connectivity index (χ1v) is 5.92. The molecule has 1 unspecified atom stereocenters. The zero-order chi connectivity index (χ0) is 12.7. The highest BCUT2D eigenvalue weighted by atomic mass is 16.4. The molecule has 6 nitrogen and oxygen atoms in total. The number of likely N-dealkylation sites (N-methyl/N-ethyl adjacent to an activating group) is 1. The highest BCUT2D eigenvalue weighted by Gasteiger charge is 2.25. The molecule has 1 aromatic heterocycles. The van der Waals surface area contributed by atoms with E-state index in [9.17, 15) is 9.90 Å². The molecule has 0 bridgehead atoms. The molecule has 0 aliphatic carbocycles. The van der Waals surface area contributed by atoms with E-state index in [1.807, 2.05) is 0 Å². The van der Waals surface area contributed by atoms with E-state index in [1.165, 1.54) is 0 Å². The second kappa shape index (κ2) is 4.06. The molecule has 1 N–H and O–H groups in total. The third kappa shape index (κ3) is 1.65. The van der Waals surface area contributed by atoms with Gasteiger partial charge in [0.2, 0.25) is 0 Å². The molecule has 2 heterocycles. The number of carboxylic acids is 1. The fraction of sp³-hybridized carbons (Fsp3) is 0.417. The number of hydrogen-bond donors (Lipinski definition) is 1. The predicted octanol–water partition coefficient (Wildman–Crippen LogP) is 1.01. The van der Waals surface area contributed by atoms with Crippen LogP contribution in [-0.4, -0.2) is 51.1 Å². The molecular weight excluding hydrogens is 232 g/mol. The van der Waals surface area contributed by atoms with Gasteiger partial charge in [-0.05, 0) is 25.6 Å². The Hall–Kier alpha value is -1.95. The molecule has 2 aromatic rings. The van der Waals surface area contributed by atoms with Crippen molar-refractivity contribution in [2.45, 2.75) is 12.5 Å². The van der Waals surface area contributed by atoms with E-state index in [0.29, 0.717) is 11.0 Å². The quantitative estimate of drug-likeness (QED) is 0.856. The van der Waals surface area contributed by atoms with Gasteiger partial charge in [-0.15, -0.1) is 5.10 Å². The third-order valence-corrected chi connectivity index (χ3v) is 3.44. The number of aromatic nitrogens is 3. The van der Waals surface area contributed by atoms with Crippen molar-refractivity contribution in [3.63, 3.8) is 0 Å². The largest absolute Gasteiger partial charge is 0.478 e. The lowest BCUT2D eigenvalue weighted by atomic mass is 10.1. The Balaban J connectivity index is 2.15. The summed E-state index contributed by atoms with van der Waals surface area (Å²) in [4.78, 5) is 13.5. The molecule has 3 rings (SSSR count). The van der Waals surface area contributed by atoms with E-state index in [1.54, 1.807) is 22.9 Å². The Morgan fingerprint density at radius 1 is 1.50 bits per heavy atom. The number of nitrogens with zero attached hydrogens (tertiary/aromatic N) is 4. The van der Waals surface area contributed by atoms with Crippen LogP contribution in [0.2, 0.25) is 0 Å². The molecule has 1 saturated heterocycles. The highest BCUT2D eigenvalue weighted by Crippen LogP contribution is 2.25. The van der Waals surface area contributed by atoms with Crippen LogP contribution in [0, 0.1) is 0 Å². The number of aromatic carboxylic acids is 1. The van der Waals surface area contributed by atoms with Gasteiger partial charge in [-0.2, -0.15) is 0 Å². The molecule has 94 valence electrons. The minimum Gasteiger partial charge on any atom is -0.478 e. The molecule has 0 radical (unpaired) electrons. The summed E-state index contributed by atoms with van der Waals surface area (Å²) in [5, 5.41) is 17.4. The average Bonchev–Trinajstić information content (AvgIpc) is 2.94. The van der Waals surface area contributed by atoms with Crippen LogP contribution in [0.25, 0.3) is 11.0 Å². The van der Waals surface area contributed by atoms with E-state index in [4.69, 9.17) is 0 Å². The highest BCUT2D eigenvalue weighted by molar-refractivity contribution is 6.00. The van der Waals surface area contributed by atoms with Crippen molar-refractivity contribution in [3.05, 3.63) is 23.8 Å². The van der Waals surface area contributed by atoms with E-state index >= 15 is 0 Å². The Labute approximate surface area is 104 Å². The average molecular weight is 246 g/mol. The topological polar surface area (TPSA) is 71.2 Å². The van der Waals surface area contributed by atoms with E-state index in [0.717, 1.165) is 19.5 Å². The van der Waals surface area contributed by atoms with Crippen molar-refractivity contribution in [1.29, 1.82) is 0 Å². The van der Waals surface area contributed by atoms with Gasteiger partial charge in [0.25, 0.3) is 0 Å². The molecular formula is C12H14N4O2. The smallest absolute Gasteiger partial charge is 0.337 e. The Morgan fingerprint density at radius 3 is 3.00 bits per heavy atom. The number of rotatable bonds is 2. The predicted molar refractivity (Wildman–Crippen MR) is 65.6 cm³/mol. The van der Waals surface area contributed by atoms with Crippen LogP contribution in [0.1, 0.15) is 22.8 Å². The zero-order valence-electron chi connectivity index (χ0n) is 10.1. The monoisotopic (exact) mass is 246 g/mol. The first-order chi connectivity index (χ1) is 8.66. The van der Waals surface area contributed by atoms with Crippen LogP contribution in [0.15, 0.2) is 18.2 Å². The second-order valence-corrected chi connectivity index (χ2v) is 4.72. The molecule has 1 aliphatic rings. The van der Waals surface area contributed by atoms with Crippen molar-refractivity contribution in [2.24, 2.45) is 0 Å². The Morgan fingerprint density at radius 2 is 2.33 bits per heavy atom. The second-order valence-electron chi connectivity index (χ2n) is 4.72. The number of carboxylic acid groups (broad SMARTS) is 1. The normalized spacial score (nSPS) is 20.6. The van der Waals surface area contributed by atoms with Crippen LogP contribution < -0.4 is 0 Å². The standard InChI is InChI=1S/C12H14N4O2/c1-15-6-5-8(7-15)16-11-9(12(17)18)3-2-4-10(11)13-14-16/h2-4,8H,5-7H2,1H3,(H,17,18). The van der Waals surface area contributed by atoms with Gasteiger partial charge in [0.1, 0.15) is 11.0 Å². The molecule has 1 aromatic carbocycles. The maximum absolute atomic E-state index is 11.3. The van der Waals surface area contributed by atoms with Gasteiger partial charge >= 0.3 is 5.97 Å². The summed E-state index contributed by atoms with van der Waals surface area (Å²) in [5.74, 6) is -0.935. The fourth-order valence-corrected chi connectivity index (χ4v) is 2.53. The van der Waals surface area contributed by atoms with Crippen LogP contribution in [-0.2, 0) is 0 Å². The summed E-state index contributed by atoms with van der Waals surface area (Å²) >= 11 is 0. The molecule has 0 spiro atoms. The summed E-state index contributed by atoms with van der Waals surface area (Å²) in [6.07, 6.45) is 0.975. The number of carbonyl (C=O) groups is 1. The third-order valence-electron chi connectivity index (χ3n) is 3.44. The summed E-state index contributed by atoms with van der Waals surface area (Å²) in [6.45, 7) is 1.88. The van der Waals surface area contributed by atoms with E-state index in [-0.39, 0.29) is 11.6 Å². The van der Waals surface area contributed by atoms with Crippen LogP contribution in [0.4, 0.5) is 0 Å². The number of likely N-dealkylation sites (tertiary alicyclic amines) is 1. The van der Waals surface area contributed by atoms with Gasteiger partial charge in [-0.1, -0.05) is 11.3 Å². The maximum atomic E-state index is 11.3. The fourth-order valence-electron chi connectivity index (χ4n) is 2.53. The number of para-hydroxylation sites is 1. The molecule has 1 atom stereocenters. The van der Waals surface area contributed by atoms with Crippen molar-refractivity contribution in [3.8, 4) is 0 Å². The summed E-state index contributed by atoms with van der Waals surface area (Å²) in [6, 6.07) is 5.30. The lowest BCUT2D eigenvalue weighted by molar-refractivity contribution is 0.0698. The summed E-state index contributed by atoms with van der Waals surface area (Å²) < 4.78 is 1.77. The summed E-state index contributed by atoms with van der Waals surface area (Å²) in [5.41, 5.74) is 1.54. The van der Waals surface area contributed by atoms with E-state index in [2.05, 4.69) is 22.3 Å². The van der Waals surface area contributed by atoms with Crippen LogP contribution in [0.3, 0.4) is 0 Å². The van der Waals surface area contributed by atoms with Crippen molar-refractivity contribution >= 4 is 17.0 Å². The van der Waals surface area contributed by atoms with Crippen molar-refractivity contribution in [2.75, 3.05) is 20.1 Å². The first kappa shape index (κ1) is 11.2. The molecule has 0 amide bonds. The van der Waals surface area contributed by atoms with Gasteiger partial charge in [0, 0.05) is 13.1 Å². The maximum Gasteiger partial charge on any atom is 0.337 e. The lowest BCUT2D eigenvalue weighted by Gasteiger charge is -2.12. The molecule has 1 fully saturated rings. The summed E-state index contributed by atoms with van der Waals surface area (Å²) in [7, 11) is 2.05. The van der Waals surface area contributed by atoms with Gasteiger partial charge in [-0.25, -0.2) is 9.48 Å². The van der Waals surface area contributed by atoms with Gasteiger partial charge in [0.05, 0.1) is 11.6 Å².